The summed E-state index contributed by atoms with van der Waals surface area (Å²) in [7, 11) is 0. The van der Waals surface area contributed by atoms with E-state index in [0.29, 0.717) is 17.6 Å². The smallest absolute Gasteiger partial charge is 0.259 e. The van der Waals surface area contributed by atoms with Gasteiger partial charge in [-0.05, 0) is 67.9 Å². The van der Waals surface area contributed by atoms with Gasteiger partial charge in [0.1, 0.15) is 5.75 Å². The lowest BCUT2D eigenvalue weighted by atomic mass is 10.0. The number of ether oxygens (including phenoxy) is 1. The molecular weight excluding hydrogens is 352 g/mol. The maximum Gasteiger partial charge on any atom is 0.259 e. The molecule has 1 aliphatic carbocycles. The maximum absolute atomic E-state index is 5.99. The zero-order valence-electron chi connectivity index (χ0n) is 16.1. The van der Waals surface area contributed by atoms with Crippen LogP contribution in [0.3, 0.4) is 0 Å². The highest BCUT2D eigenvalue weighted by atomic mass is 16.5. The van der Waals surface area contributed by atoms with Crippen LogP contribution >= 0.6 is 0 Å². The molecule has 0 saturated heterocycles. The largest absolute Gasteiger partial charge is 0.439 e. The van der Waals surface area contributed by atoms with Crippen LogP contribution in [-0.2, 0) is 12.8 Å². The molecule has 2 aliphatic rings. The van der Waals surface area contributed by atoms with Crippen molar-refractivity contribution in [3.05, 3.63) is 53.5 Å². The van der Waals surface area contributed by atoms with E-state index in [1.54, 1.807) is 13.1 Å². The number of hydrogen-bond donors (Lipinski definition) is 0. The van der Waals surface area contributed by atoms with Crippen LogP contribution < -0.4 is 4.74 Å². The summed E-state index contributed by atoms with van der Waals surface area (Å²) in [5, 5.41) is 3.81. The quantitative estimate of drug-likeness (QED) is 0.670. The van der Waals surface area contributed by atoms with Gasteiger partial charge in [-0.1, -0.05) is 11.2 Å². The van der Waals surface area contributed by atoms with Crippen molar-refractivity contribution in [1.29, 1.82) is 0 Å². The molecule has 0 amide bonds. The predicted molar refractivity (Wildman–Crippen MR) is 105 cm³/mol. The normalized spacial score (nSPS) is 17.2. The lowest BCUT2D eigenvalue weighted by Crippen LogP contribution is -2.28. The standard InChI is InChI=1S/C22H24N4O2/c1-15-24-22(28-25-15)19-5-7-21(23-13-19)27-20-6-4-17-8-10-26(14-16-2-3-16)11-9-18(17)12-20/h4-7,12-13,16H,2-3,8-11,14H2,1H3. The zero-order chi connectivity index (χ0) is 18.9. The van der Waals surface area contributed by atoms with Crippen molar-refractivity contribution in [1.82, 2.24) is 20.0 Å². The maximum atomic E-state index is 5.99. The third-order valence-corrected chi connectivity index (χ3v) is 5.52. The minimum Gasteiger partial charge on any atom is -0.439 e. The Balaban J connectivity index is 1.27. The van der Waals surface area contributed by atoms with E-state index in [4.69, 9.17) is 9.26 Å². The van der Waals surface area contributed by atoms with Gasteiger partial charge in [-0.15, -0.1) is 0 Å². The molecule has 0 atom stereocenters. The Morgan fingerprint density at radius 1 is 1.11 bits per heavy atom. The summed E-state index contributed by atoms with van der Waals surface area (Å²) in [6.07, 6.45) is 6.74. The molecule has 0 N–H and O–H groups in total. The molecule has 3 aromatic rings. The molecule has 1 aliphatic heterocycles. The van der Waals surface area contributed by atoms with Gasteiger partial charge in [0.15, 0.2) is 5.82 Å². The number of hydrogen-bond acceptors (Lipinski definition) is 6. The number of aromatic nitrogens is 3. The summed E-state index contributed by atoms with van der Waals surface area (Å²) < 4.78 is 11.2. The van der Waals surface area contributed by atoms with E-state index in [0.717, 1.165) is 36.6 Å². The summed E-state index contributed by atoms with van der Waals surface area (Å²) in [5.41, 5.74) is 3.63. The van der Waals surface area contributed by atoms with Crippen molar-refractivity contribution in [2.45, 2.75) is 32.6 Å². The van der Waals surface area contributed by atoms with Gasteiger partial charge in [-0.2, -0.15) is 4.98 Å². The van der Waals surface area contributed by atoms with Crippen LogP contribution in [0.5, 0.6) is 11.6 Å². The van der Waals surface area contributed by atoms with Gasteiger partial charge in [0.25, 0.3) is 5.89 Å². The first kappa shape index (κ1) is 17.4. The minimum atomic E-state index is 0.470. The van der Waals surface area contributed by atoms with Crippen molar-refractivity contribution >= 4 is 0 Å². The van der Waals surface area contributed by atoms with Gasteiger partial charge in [0.2, 0.25) is 5.88 Å². The Hall–Kier alpha value is -2.73. The Kier molecular flexibility index (Phi) is 4.56. The molecule has 1 fully saturated rings. The molecule has 3 heterocycles. The molecule has 6 nitrogen and oxygen atoms in total. The summed E-state index contributed by atoms with van der Waals surface area (Å²) in [5.74, 6) is 3.42. The molecule has 1 aromatic carbocycles. The molecular formula is C22H24N4O2. The van der Waals surface area contributed by atoms with Crippen LogP contribution in [0, 0.1) is 12.8 Å². The fourth-order valence-corrected chi connectivity index (χ4v) is 3.76. The van der Waals surface area contributed by atoms with E-state index in [9.17, 15) is 0 Å². The molecule has 144 valence electrons. The number of rotatable bonds is 5. The fraction of sp³-hybridized carbons (Fsp3) is 0.409. The molecule has 2 aromatic heterocycles. The highest BCUT2D eigenvalue weighted by molar-refractivity contribution is 5.51. The van der Waals surface area contributed by atoms with Crippen LogP contribution in [-0.4, -0.2) is 39.7 Å². The van der Waals surface area contributed by atoms with Gasteiger partial charge in [-0.3, -0.25) is 0 Å². The second kappa shape index (κ2) is 7.36. The average molecular weight is 376 g/mol. The Morgan fingerprint density at radius 3 is 2.68 bits per heavy atom. The second-order valence-electron chi connectivity index (χ2n) is 7.81. The molecule has 0 unspecified atom stereocenters. The summed E-state index contributed by atoms with van der Waals surface area (Å²) in [4.78, 5) is 11.2. The highest BCUT2D eigenvalue weighted by Gasteiger charge is 2.25. The van der Waals surface area contributed by atoms with E-state index in [-0.39, 0.29) is 0 Å². The summed E-state index contributed by atoms with van der Waals surface area (Å²) >= 11 is 0. The lowest BCUT2D eigenvalue weighted by Gasteiger charge is -2.18. The molecule has 28 heavy (non-hydrogen) atoms. The minimum absolute atomic E-state index is 0.470. The van der Waals surface area contributed by atoms with Crippen molar-refractivity contribution < 1.29 is 9.26 Å². The predicted octanol–water partition coefficient (Wildman–Crippen LogP) is 4.04. The molecule has 1 saturated carbocycles. The zero-order valence-corrected chi connectivity index (χ0v) is 16.1. The third-order valence-electron chi connectivity index (χ3n) is 5.52. The molecule has 6 heteroatoms. The monoisotopic (exact) mass is 376 g/mol. The average Bonchev–Trinajstić information content (AvgIpc) is 3.46. The third kappa shape index (κ3) is 3.92. The molecule has 5 rings (SSSR count). The van der Waals surface area contributed by atoms with Crippen molar-refractivity contribution in [3.8, 4) is 23.1 Å². The Labute approximate surface area is 164 Å². The number of nitrogens with zero attached hydrogens (tertiary/aromatic N) is 4. The second-order valence-corrected chi connectivity index (χ2v) is 7.81. The number of pyridine rings is 1. The van der Waals surface area contributed by atoms with Gasteiger partial charge in [0, 0.05) is 31.9 Å². The van der Waals surface area contributed by atoms with Crippen LogP contribution in [0.1, 0.15) is 29.8 Å². The Morgan fingerprint density at radius 2 is 1.96 bits per heavy atom. The molecule has 0 radical (unpaired) electrons. The van der Waals surface area contributed by atoms with Crippen molar-refractivity contribution in [2.24, 2.45) is 5.92 Å². The van der Waals surface area contributed by atoms with Crippen molar-refractivity contribution in [3.63, 3.8) is 0 Å². The summed E-state index contributed by atoms with van der Waals surface area (Å²) in [6, 6.07) is 10.1. The van der Waals surface area contributed by atoms with E-state index in [1.165, 1.54) is 37.1 Å². The number of benzene rings is 1. The van der Waals surface area contributed by atoms with Gasteiger partial charge in [0.05, 0.1) is 5.56 Å². The van der Waals surface area contributed by atoms with Crippen molar-refractivity contribution in [2.75, 3.05) is 19.6 Å². The van der Waals surface area contributed by atoms with Gasteiger partial charge in [-0.25, -0.2) is 4.98 Å². The first-order valence-electron chi connectivity index (χ1n) is 10.0. The number of aryl methyl sites for hydroxylation is 1. The van der Waals surface area contributed by atoms with E-state index in [1.807, 2.05) is 18.2 Å². The van der Waals surface area contributed by atoms with Crippen LogP contribution in [0.4, 0.5) is 0 Å². The highest BCUT2D eigenvalue weighted by Crippen LogP contribution is 2.31. The number of fused-ring (bicyclic) bond motifs is 1. The first-order valence-corrected chi connectivity index (χ1v) is 10.0. The van der Waals surface area contributed by atoms with Gasteiger partial charge >= 0.3 is 0 Å². The molecule has 0 spiro atoms. The molecule has 0 bridgehead atoms. The SMILES string of the molecule is Cc1noc(-c2ccc(Oc3ccc4c(c3)CCN(CC3CC3)CC4)nc2)n1. The summed E-state index contributed by atoms with van der Waals surface area (Å²) in [6.45, 7) is 5.37. The first-order chi connectivity index (χ1) is 13.7. The van der Waals surface area contributed by atoms with Gasteiger partial charge < -0.3 is 14.2 Å². The van der Waals surface area contributed by atoms with Crippen LogP contribution in [0.15, 0.2) is 41.1 Å². The fourth-order valence-electron chi connectivity index (χ4n) is 3.76. The lowest BCUT2D eigenvalue weighted by molar-refractivity contribution is 0.276. The van der Waals surface area contributed by atoms with E-state index >= 15 is 0 Å². The van der Waals surface area contributed by atoms with E-state index in [2.05, 4.69) is 32.2 Å². The topological polar surface area (TPSA) is 64.3 Å². The van der Waals surface area contributed by atoms with Crippen LogP contribution in [0.2, 0.25) is 0 Å². The van der Waals surface area contributed by atoms with Crippen LogP contribution in [0.25, 0.3) is 11.5 Å². The Bertz CT molecular complexity index is 963. The van der Waals surface area contributed by atoms with E-state index < -0.39 is 0 Å².